The third-order valence-electron chi connectivity index (χ3n) is 3.25. The number of likely N-dealkylation sites (tertiary alicyclic amines) is 1. The average Bonchev–Trinajstić information content (AvgIpc) is 2.52. The van der Waals surface area contributed by atoms with Crippen molar-refractivity contribution in [2.24, 2.45) is 23.5 Å². The molecule has 80 valence electrons. The highest BCUT2D eigenvalue weighted by molar-refractivity contribution is 4.97. The maximum absolute atomic E-state index is 9.05. The molecule has 2 N–H and O–H groups in total. The summed E-state index contributed by atoms with van der Waals surface area (Å²) in [5.41, 5.74) is 6.15. The van der Waals surface area contributed by atoms with Crippen molar-refractivity contribution < 1.29 is 0 Å². The molecule has 3 heteroatoms. The van der Waals surface area contributed by atoms with E-state index in [4.69, 9.17) is 11.0 Å². The van der Waals surface area contributed by atoms with Crippen molar-refractivity contribution in [1.82, 2.24) is 4.90 Å². The van der Waals surface area contributed by atoms with Crippen LogP contribution in [0.15, 0.2) is 0 Å². The Kier molecular flexibility index (Phi) is 3.91. The highest BCUT2D eigenvalue weighted by Gasteiger charge is 2.32. The smallest absolute Gasteiger partial charge is 0.0674 e. The first kappa shape index (κ1) is 11.5. The fourth-order valence-electron chi connectivity index (χ4n) is 2.26. The summed E-state index contributed by atoms with van der Waals surface area (Å²) in [6.07, 6.45) is 1.14. The topological polar surface area (TPSA) is 53.1 Å². The van der Waals surface area contributed by atoms with Crippen LogP contribution in [-0.2, 0) is 0 Å². The molecule has 0 radical (unpaired) electrons. The molecule has 0 spiro atoms. The predicted molar refractivity (Wildman–Crippen MR) is 57.5 cm³/mol. The summed E-state index contributed by atoms with van der Waals surface area (Å²) in [4.78, 5) is 2.29. The van der Waals surface area contributed by atoms with Crippen molar-refractivity contribution in [2.75, 3.05) is 20.1 Å². The van der Waals surface area contributed by atoms with Crippen LogP contribution in [0, 0.1) is 29.1 Å². The molecule has 0 amide bonds. The molecular weight excluding hydrogens is 174 g/mol. The zero-order valence-corrected chi connectivity index (χ0v) is 9.40. The zero-order chi connectivity index (χ0) is 10.7. The molecular formula is C11H21N3. The van der Waals surface area contributed by atoms with Gasteiger partial charge in [0.2, 0.25) is 0 Å². The van der Waals surface area contributed by atoms with Gasteiger partial charge in [-0.3, -0.25) is 0 Å². The number of rotatable bonds is 3. The molecule has 0 aromatic heterocycles. The first-order chi connectivity index (χ1) is 6.56. The van der Waals surface area contributed by atoms with E-state index in [0.29, 0.717) is 11.8 Å². The molecule has 0 aromatic carbocycles. The molecule has 14 heavy (non-hydrogen) atoms. The van der Waals surface area contributed by atoms with Crippen LogP contribution in [0.2, 0.25) is 0 Å². The fourth-order valence-corrected chi connectivity index (χ4v) is 2.26. The van der Waals surface area contributed by atoms with Gasteiger partial charge in [-0.25, -0.2) is 0 Å². The molecule has 3 unspecified atom stereocenters. The fraction of sp³-hybridized carbons (Fsp3) is 0.909. The van der Waals surface area contributed by atoms with Crippen molar-refractivity contribution in [3.05, 3.63) is 0 Å². The lowest BCUT2D eigenvalue weighted by Gasteiger charge is -2.26. The van der Waals surface area contributed by atoms with E-state index < -0.39 is 0 Å². The minimum Gasteiger partial charge on any atom is -0.326 e. The molecule has 1 rings (SSSR count). The number of nitrogens with two attached hydrogens (primary N) is 1. The lowest BCUT2D eigenvalue weighted by molar-refractivity contribution is 0.294. The molecule has 1 aliphatic heterocycles. The second-order valence-corrected chi connectivity index (χ2v) is 4.79. The Labute approximate surface area is 86.9 Å². The van der Waals surface area contributed by atoms with Gasteiger partial charge in [-0.1, -0.05) is 13.8 Å². The van der Waals surface area contributed by atoms with Gasteiger partial charge in [0, 0.05) is 12.6 Å². The van der Waals surface area contributed by atoms with Gasteiger partial charge in [0.1, 0.15) is 0 Å². The minimum absolute atomic E-state index is 0.00602. The van der Waals surface area contributed by atoms with Gasteiger partial charge in [0.15, 0.2) is 0 Å². The quantitative estimate of drug-likeness (QED) is 0.732. The molecule has 0 aliphatic carbocycles. The van der Waals surface area contributed by atoms with Gasteiger partial charge in [-0.2, -0.15) is 5.26 Å². The monoisotopic (exact) mass is 195 g/mol. The van der Waals surface area contributed by atoms with Crippen molar-refractivity contribution in [3.63, 3.8) is 0 Å². The van der Waals surface area contributed by atoms with Gasteiger partial charge < -0.3 is 10.6 Å². The third-order valence-corrected chi connectivity index (χ3v) is 3.25. The second kappa shape index (κ2) is 4.77. The van der Waals surface area contributed by atoms with E-state index in [1.165, 1.54) is 0 Å². The summed E-state index contributed by atoms with van der Waals surface area (Å²) in [6, 6.07) is 2.40. The van der Waals surface area contributed by atoms with Crippen LogP contribution < -0.4 is 5.73 Å². The van der Waals surface area contributed by atoms with Crippen molar-refractivity contribution in [1.29, 1.82) is 5.26 Å². The normalized spacial score (nSPS) is 27.6. The Morgan fingerprint density at radius 1 is 1.50 bits per heavy atom. The number of nitriles is 1. The van der Waals surface area contributed by atoms with Gasteiger partial charge in [0.05, 0.1) is 12.0 Å². The lowest BCUT2D eigenvalue weighted by atomic mass is 9.82. The predicted octanol–water partition coefficient (Wildman–Crippen LogP) is 1.06. The maximum Gasteiger partial charge on any atom is 0.0674 e. The molecule has 3 atom stereocenters. The summed E-state index contributed by atoms with van der Waals surface area (Å²) in [5, 5.41) is 9.05. The number of nitrogens with zero attached hydrogens (tertiary/aromatic N) is 2. The second-order valence-electron chi connectivity index (χ2n) is 4.79. The lowest BCUT2D eigenvalue weighted by Crippen LogP contribution is -2.40. The van der Waals surface area contributed by atoms with Crippen molar-refractivity contribution in [3.8, 4) is 6.07 Å². The molecule has 1 heterocycles. The van der Waals surface area contributed by atoms with Gasteiger partial charge in [0.25, 0.3) is 0 Å². The van der Waals surface area contributed by atoms with E-state index in [1.54, 1.807) is 0 Å². The maximum atomic E-state index is 9.05. The zero-order valence-electron chi connectivity index (χ0n) is 9.40. The third kappa shape index (κ3) is 2.46. The summed E-state index contributed by atoms with van der Waals surface area (Å²) < 4.78 is 0. The summed E-state index contributed by atoms with van der Waals surface area (Å²) in [6.45, 7) is 6.32. The molecule has 0 saturated carbocycles. The molecule has 0 bridgehead atoms. The largest absolute Gasteiger partial charge is 0.326 e. The van der Waals surface area contributed by atoms with Crippen LogP contribution in [-0.4, -0.2) is 31.1 Å². The van der Waals surface area contributed by atoms with E-state index in [1.807, 2.05) is 0 Å². The number of hydrogen-bond donors (Lipinski definition) is 1. The summed E-state index contributed by atoms with van der Waals surface area (Å²) in [7, 11) is 2.11. The molecule has 3 nitrogen and oxygen atoms in total. The first-order valence-corrected chi connectivity index (χ1v) is 5.40. The van der Waals surface area contributed by atoms with E-state index in [9.17, 15) is 0 Å². The molecule has 0 aromatic rings. The van der Waals surface area contributed by atoms with Gasteiger partial charge >= 0.3 is 0 Å². The van der Waals surface area contributed by atoms with Crippen LogP contribution in [0.3, 0.4) is 0 Å². The van der Waals surface area contributed by atoms with E-state index in [-0.39, 0.29) is 12.0 Å². The standard InChI is InChI=1S/C11H21N3/c1-8(2)10(6-12)11(13)9-4-5-14(3)7-9/h8-11H,4-5,7,13H2,1-3H3. The Morgan fingerprint density at radius 2 is 2.14 bits per heavy atom. The minimum atomic E-state index is 0.00602. The van der Waals surface area contributed by atoms with Crippen LogP contribution in [0.5, 0.6) is 0 Å². The SMILES string of the molecule is CC(C)C(C#N)C(N)C1CCN(C)C1. The Morgan fingerprint density at radius 3 is 2.50 bits per heavy atom. The molecule has 1 saturated heterocycles. The van der Waals surface area contributed by atoms with Gasteiger partial charge in [-0.05, 0) is 31.8 Å². The van der Waals surface area contributed by atoms with Gasteiger partial charge in [-0.15, -0.1) is 0 Å². The van der Waals surface area contributed by atoms with Crippen molar-refractivity contribution in [2.45, 2.75) is 26.3 Å². The van der Waals surface area contributed by atoms with E-state index in [0.717, 1.165) is 19.5 Å². The Balaban J connectivity index is 2.55. The van der Waals surface area contributed by atoms with E-state index >= 15 is 0 Å². The molecule has 1 fully saturated rings. The Bertz CT molecular complexity index is 219. The van der Waals surface area contributed by atoms with E-state index in [2.05, 4.69) is 31.9 Å². The average molecular weight is 195 g/mol. The number of hydrogen-bond acceptors (Lipinski definition) is 3. The van der Waals surface area contributed by atoms with Crippen LogP contribution in [0.4, 0.5) is 0 Å². The summed E-state index contributed by atoms with van der Waals surface area (Å²) in [5.74, 6) is 0.874. The van der Waals surface area contributed by atoms with Crippen LogP contribution in [0.1, 0.15) is 20.3 Å². The molecule has 1 aliphatic rings. The summed E-state index contributed by atoms with van der Waals surface area (Å²) >= 11 is 0. The highest BCUT2D eigenvalue weighted by atomic mass is 15.1. The Hall–Kier alpha value is -0.590. The van der Waals surface area contributed by atoms with Crippen LogP contribution in [0.25, 0.3) is 0 Å². The highest BCUT2D eigenvalue weighted by Crippen LogP contribution is 2.25. The van der Waals surface area contributed by atoms with Crippen molar-refractivity contribution >= 4 is 0 Å². The van der Waals surface area contributed by atoms with Crippen LogP contribution >= 0.6 is 0 Å². The first-order valence-electron chi connectivity index (χ1n) is 5.40.